The van der Waals surface area contributed by atoms with Crippen LogP contribution in [0.5, 0.6) is 0 Å². The number of hydrogen-bond donors (Lipinski definition) is 1. The minimum absolute atomic E-state index is 0.222. The lowest BCUT2D eigenvalue weighted by molar-refractivity contribution is -0.114. The third kappa shape index (κ3) is 2.35. The first kappa shape index (κ1) is 14.9. The molecule has 0 spiro atoms. The molecule has 0 bridgehead atoms. The highest BCUT2D eigenvalue weighted by Gasteiger charge is 2.27. The van der Waals surface area contributed by atoms with Gasteiger partial charge in [-0.3, -0.25) is 4.79 Å². The molecule has 3 rings (SSSR count). The van der Waals surface area contributed by atoms with Crippen molar-refractivity contribution in [3.05, 3.63) is 28.0 Å². The van der Waals surface area contributed by atoms with Crippen molar-refractivity contribution >= 4 is 40.1 Å². The van der Waals surface area contributed by atoms with Crippen LogP contribution in [0.25, 0.3) is 11.0 Å². The van der Waals surface area contributed by atoms with E-state index < -0.39 is 5.97 Å². The number of ether oxygens (including phenoxy) is 1. The molecule has 0 atom stereocenters. The number of hydrogen-bond acceptors (Lipinski definition) is 4. The molecule has 0 unspecified atom stereocenters. The highest BCUT2D eigenvalue weighted by Crippen LogP contribution is 2.42. The zero-order valence-corrected chi connectivity index (χ0v) is 13.2. The van der Waals surface area contributed by atoms with Crippen LogP contribution < -0.4 is 5.32 Å². The largest absolute Gasteiger partial charge is 0.465 e. The Morgan fingerprint density at radius 3 is 2.73 bits per heavy atom. The molecule has 1 aromatic carbocycles. The van der Waals surface area contributed by atoms with Crippen molar-refractivity contribution < 1.29 is 18.7 Å². The molecule has 2 aromatic rings. The maximum absolute atomic E-state index is 12.0. The molecule has 1 aromatic heterocycles. The van der Waals surface area contributed by atoms with Crippen LogP contribution in [0.3, 0.4) is 0 Å². The predicted molar refractivity (Wildman–Crippen MR) is 83.5 cm³/mol. The zero-order chi connectivity index (χ0) is 15.9. The van der Waals surface area contributed by atoms with Gasteiger partial charge in [-0.05, 0) is 25.3 Å². The average molecular weight is 322 g/mol. The van der Waals surface area contributed by atoms with Gasteiger partial charge in [-0.15, -0.1) is 0 Å². The van der Waals surface area contributed by atoms with Crippen molar-refractivity contribution in [3.63, 3.8) is 0 Å². The molecule has 22 heavy (non-hydrogen) atoms. The number of fused-ring (bicyclic) bond motifs is 3. The molecule has 1 amide bonds. The Balaban J connectivity index is 2.35. The quantitative estimate of drug-likeness (QED) is 0.856. The highest BCUT2D eigenvalue weighted by molar-refractivity contribution is 6.36. The summed E-state index contributed by atoms with van der Waals surface area (Å²) < 4.78 is 10.7. The Morgan fingerprint density at radius 2 is 2.05 bits per heavy atom. The number of nitrogens with one attached hydrogen (secondary N) is 1. The molecule has 6 heteroatoms. The molecular formula is C16H16ClNO4. The molecule has 5 nitrogen and oxygen atoms in total. The average Bonchev–Trinajstić information content (AvgIpc) is 2.88. The van der Waals surface area contributed by atoms with Gasteiger partial charge in [0, 0.05) is 24.3 Å². The summed E-state index contributed by atoms with van der Waals surface area (Å²) in [6.45, 7) is 1.42. The second kappa shape index (κ2) is 5.65. The lowest BCUT2D eigenvalue weighted by Crippen LogP contribution is -2.09. The Kier molecular flexibility index (Phi) is 3.83. The van der Waals surface area contributed by atoms with E-state index in [9.17, 15) is 9.59 Å². The van der Waals surface area contributed by atoms with Gasteiger partial charge in [0.1, 0.15) is 11.3 Å². The summed E-state index contributed by atoms with van der Waals surface area (Å²) in [6.07, 6.45) is 3.75. The second-order valence-corrected chi connectivity index (χ2v) is 5.78. The van der Waals surface area contributed by atoms with E-state index in [1.807, 2.05) is 0 Å². The highest BCUT2D eigenvalue weighted by atomic mass is 35.5. The van der Waals surface area contributed by atoms with Gasteiger partial charge in [0.15, 0.2) is 5.58 Å². The van der Waals surface area contributed by atoms with Gasteiger partial charge in [0.25, 0.3) is 0 Å². The summed E-state index contributed by atoms with van der Waals surface area (Å²) in [5.74, 6) is 0.132. The summed E-state index contributed by atoms with van der Waals surface area (Å²) in [4.78, 5) is 23.5. The van der Waals surface area contributed by atoms with E-state index in [4.69, 9.17) is 20.8 Å². The van der Waals surface area contributed by atoms with Crippen LogP contribution >= 0.6 is 11.6 Å². The normalized spacial score (nSPS) is 13.8. The number of rotatable bonds is 2. The summed E-state index contributed by atoms with van der Waals surface area (Å²) in [7, 11) is 1.31. The molecule has 1 aliphatic carbocycles. The van der Waals surface area contributed by atoms with E-state index in [1.165, 1.54) is 20.1 Å². The lowest BCUT2D eigenvalue weighted by atomic mass is 9.94. The van der Waals surface area contributed by atoms with Crippen LogP contribution in [0.4, 0.5) is 5.69 Å². The topological polar surface area (TPSA) is 68.5 Å². The maximum Gasteiger partial charge on any atom is 0.341 e. The Bertz CT molecular complexity index is 778. The molecule has 0 saturated carbocycles. The second-order valence-electron chi connectivity index (χ2n) is 5.37. The minimum Gasteiger partial charge on any atom is -0.465 e. The number of benzene rings is 1. The van der Waals surface area contributed by atoms with E-state index in [0.717, 1.165) is 42.4 Å². The fraction of sp³-hybridized carbons (Fsp3) is 0.375. The van der Waals surface area contributed by atoms with E-state index in [1.54, 1.807) is 0 Å². The Morgan fingerprint density at radius 1 is 1.32 bits per heavy atom. The summed E-state index contributed by atoms with van der Waals surface area (Å²) in [6, 6.07) is 1.48. The molecule has 1 heterocycles. The van der Waals surface area contributed by atoms with Crippen molar-refractivity contribution in [3.8, 4) is 0 Å². The molecule has 1 aliphatic rings. The Hall–Kier alpha value is -2.01. The summed E-state index contributed by atoms with van der Waals surface area (Å²) >= 11 is 6.29. The number of halogens is 1. The standard InChI is InChI=1S/C16H16ClNO4/c1-8(19)18-14-11(17)7-10(16(20)21-2)15-13(14)9-5-3-4-6-12(9)22-15/h7H,3-6H2,1-2H3,(H,18,19). The minimum atomic E-state index is -0.507. The van der Waals surface area contributed by atoms with Crippen LogP contribution in [0.1, 0.15) is 41.4 Å². The van der Waals surface area contributed by atoms with Crippen LogP contribution in [0.15, 0.2) is 10.5 Å². The summed E-state index contributed by atoms with van der Waals surface area (Å²) in [5.41, 5.74) is 2.25. The van der Waals surface area contributed by atoms with Gasteiger partial charge in [-0.2, -0.15) is 0 Å². The molecule has 116 valence electrons. The number of esters is 1. The van der Waals surface area contributed by atoms with Gasteiger partial charge in [0.05, 0.1) is 17.8 Å². The van der Waals surface area contributed by atoms with E-state index >= 15 is 0 Å². The van der Waals surface area contributed by atoms with Crippen LogP contribution in [-0.2, 0) is 22.4 Å². The van der Waals surface area contributed by atoms with Crippen LogP contribution in [0, 0.1) is 0 Å². The van der Waals surface area contributed by atoms with Crippen molar-refractivity contribution in [2.45, 2.75) is 32.6 Å². The predicted octanol–water partition coefficient (Wildman–Crippen LogP) is 3.71. The van der Waals surface area contributed by atoms with Gasteiger partial charge in [-0.25, -0.2) is 4.79 Å². The maximum atomic E-state index is 12.0. The van der Waals surface area contributed by atoms with Crippen molar-refractivity contribution in [2.75, 3.05) is 12.4 Å². The van der Waals surface area contributed by atoms with Gasteiger partial charge < -0.3 is 14.5 Å². The molecule has 0 aliphatic heterocycles. The first-order valence-corrected chi connectivity index (χ1v) is 7.53. The van der Waals surface area contributed by atoms with E-state index in [0.29, 0.717) is 16.3 Å². The number of aryl methyl sites for hydroxylation is 2. The third-order valence-corrected chi connectivity index (χ3v) is 4.18. The smallest absolute Gasteiger partial charge is 0.341 e. The lowest BCUT2D eigenvalue weighted by Gasteiger charge is -2.12. The van der Waals surface area contributed by atoms with E-state index in [-0.39, 0.29) is 11.5 Å². The number of carbonyl (C=O) groups excluding carboxylic acids is 2. The van der Waals surface area contributed by atoms with Gasteiger partial charge in [-0.1, -0.05) is 11.6 Å². The number of methoxy groups -OCH3 is 1. The molecular weight excluding hydrogens is 306 g/mol. The monoisotopic (exact) mass is 321 g/mol. The number of amides is 1. The molecule has 0 fully saturated rings. The number of anilines is 1. The van der Waals surface area contributed by atoms with Crippen molar-refractivity contribution in [1.29, 1.82) is 0 Å². The number of furan rings is 1. The zero-order valence-electron chi connectivity index (χ0n) is 12.4. The first-order valence-electron chi connectivity index (χ1n) is 7.15. The first-order chi connectivity index (χ1) is 10.5. The summed E-state index contributed by atoms with van der Waals surface area (Å²) in [5, 5.41) is 3.78. The van der Waals surface area contributed by atoms with Crippen molar-refractivity contribution in [2.24, 2.45) is 0 Å². The van der Waals surface area contributed by atoms with Crippen LogP contribution in [0.2, 0.25) is 5.02 Å². The Labute approximate surface area is 132 Å². The SMILES string of the molecule is COC(=O)c1cc(Cl)c(NC(C)=O)c2c3c(oc12)CCCC3. The fourth-order valence-electron chi connectivity index (χ4n) is 2.96. The number of carbonyl (C=O) groups is 2. The molecule has 0 saturated heterocycles. The van der Waals surface area contributed by atoms with E-state index in [2.05, 4.69) is 5.32 Å². The third-order valence-electron chi connectivity index (χ3n) is 3.88. The molecule has 0 radical (unpaired) electrons. The van der Waals surface area contributed by atoms with Crippen molar-refractivity contribution in [1.82, 2.24) is 0 Å². The fourth-order valence-corrected chi connectivity index (χ4v) is 3.21. The molecule has 1 N–H and O–H groups in total. The van der Waals surface area contributed by atoms with Crippen LogP contribution in [-0.4, -0.2) is 19.0 Å². The van der Waals surface area contributed by atoms with Gasteiger partial charge >= 0.3 is 5.97 Å². The van der Waals surface area contributed by atoms with Gasteiger partial charge in [0.2, 0.25) is 5.91 Å².